The molecule has 1 aromatic heterocycles. The van der Waals surface area contributed by atoms with Crippen molar-refractivity contribution < 1.29 is 24.5 Å². The lowest BCUT2D eigenvalue weighted by Crippen LogP contribution is -2.29. The standard InChI is InChI=1S/C24H28N4O.C4H4O4/c1-29-23-17-25-18-27-24(23)26-13-4-5-14-28-15-11-20(12-16-28)22-10-6-8-19-7-2-3-9-21(19)22;5-3(6)1-2-4(7)8/h2-3,6-11,17-18H,4-5,12-16H2,1H3,(H,25,26,27);1-2H,(H,5,6)(H,7,8)/b;2-1+. The molecule has 0 amide bonds. The van der Waals surface area contributed by atoms with Gasteiger partial charge in [0.25, 0.3) is 0 Å². The zero-order valence-electron chi connectivity index (χ0n) is 20.8. The molecule has 0 saturated heterocycles. The summed E-state index contributed by atoms with van der Waals surface area (Å²) in [4.78, 5) is 29.9. The highest BCUT2D eigenvalue weighted by molar-refractivity contribution is 5.94. The van der Waals surface area contributed by atoms with Crippen LogP contribution in [0, 0.1) is 0 Å². The molecule has 0 saturated carbocycles. The van der Waals surface area contributed by atoms with Crippen molar-refractivity contribution in [2.75, 3.05) is 38.6 Å². The number of unbranched alkanes of at least 4 members (excludes halogenated alkanes) is 1. The molecule has 0 bridgehead atoms. The van der Waals surface area contributed by atoms with Gasteiger partial charge in [0.2, 0.25) is 0 Å². The lowest BCUT2D eigenvalue weighted by Gasteiger charge is -2.27. The van der Waals surface area contributed by atoms with Crippen molar-refractivity contribution in [1.82, 2.24) is 14.9 Å². The Morgan fingerprint density at radius 3 is 2.54 bits per heavy atom. The van der Waals surface area contributed by atoms with Gasteiger partial charge in [-0.15, -0.1) is 0 Å². The Kier molecular flexibility index (Phi) is 10.6. The number of carbonyl (C=O) groups is 2. The second-order valence-corrected chi connectivity index (χ2v) is 8.39. The van der Waals surface area contributed by atoms with Crippen LogP contribution < -0.4 is 10.1 Å². The fourth-order valence-electron chi connectivity index (χ4n) is 4.07. The third-order valence-corrected chi connectivity index (χ3v) is 5.89. The molecule has 0 spiro atoms. The summed E-state index contributed by atoms with van der Waals surface area (Å²) in [5.74, 6) is -1.06. The number of ether oxygens (including phenoxy) is 1. The van der Waals surface area contributed by atoms with Crippen LogP contribution in [-0.4, -0.2) is 70.3 Å². The molecule has 194 valence electrons. The van der Waals surface area contributed by atoms with E-state index in [2.05, 4.69) is 68.7 Å². The third-order valence-electron chi connectivity index (χ3n) is 5.89. The highest BCUT2D eigenvalue weighted by Gasteiger charge is 2.14. The number of methoxy groups -OCH3 is 1. The van der Waals surface area contributed by atoms with E-state index < -0.39 is 11.9 Å². The van der Waals surface area contributed by atoms with Crippen LogP contribution in [0.3, 0.4) is 0 Å². The van der Waals surface area contributed by atoms with Crippen molar-refractivity contribution in [2.24, 2.45) is 0 Å². The molecule has 1 aliphatic rings. The quantitative estimate of drug-likeness (QED) is 0.273. The van der Waals surface area contributed by atoms with Crippen LogP contribution in [0.4, 0.5) is 5.82 Å². The van der Waals surface area contributed by atoms with Gasteiger partial charge in [0.1, 0.15) is 6.33 Å². The molecule has 2 aromatic carbocycles. The second kappa shape index (κ2) is 14.4. The van der Waals surface area contributed by atoms with E-state index in [1.165, 1.54) is 21.9 Å². The number of anilines is 1. The zero-order chi connectivity index (χ0) is 26.5. The van der Waals surface area contributed by atoms with Gasteiger partial charge in [0, 0.05) is 31.8 Å². The molecule has 9 heteroatoms. The van der Waals surface area contributed by atoms with Gasteiger partial charge >= 0.3 is 11.9 Å². The fourth-order valence-corrected chi connectivity index (χ4v) is 4.07. The number of aromatic nitrogens is 2. The molecule has 0 fully saturated rings. The Morgan fingerprint density at radius 2 is 1.84 bits per heavy atom. The molecule has 0 atom stereocenters. The fraction of sp³-hybridized carbons (Fsp3) is 0.286. The lowest BCUT2D eigenvalue weighted by molar-refractivity contribution is -0.134. The van der Waals surface area contributed by atoms with E-state index in [1.807, 2.05) is 0 Å². The summed E-state index contributed by atoms with van der Waals surface area (Å²) < 4.78 is 5.27. The zero-order valence-corrected chi connectivity index (χ0v) is 20.8. The first-order valence-electron chi connectivity index (χ1n) is 12.1. The van der Waals surface area contributed by atoms with Crippen molar-refractivity contribution in [3.63, 3.8) is 0 Å². The van der Waals surface area contributed by atoms with Crippen molar-refractivity contribution in [1.29, 1.82) is 0 Å². The van der Waals surface area contributed by atoms with Gasteiger partial charge in [-0.1, -0.05) is 48.5 Å². The molecule has 0 unspecified atom stereocenters. The summed E-state index contributed by atoms with van der Waals surface area (Å²) in [5.41, 5.74) is 2.88. The Morgan fingerprint density at radius 1 is 1.08 bits per heavy atom. The van der Waals surface area contributed by atoms with E-state index in [1.54, 1.807) is 19.6 Å². The second-order valence-electron chi connectivity index (χ2n) is 8.39. The van der Waals surface area contributed by atoms with Gasteiger partial charge in [0.05, 0.1) is 13.3 Å². The van der Waals surface area contributed by atoms with Crippen LogP contribution in [0.25, 0.3) is 16.3 Å². The van der Waals surface area contributed by atoms with Crippen LogP contribution in [0.15, 0.2) is 73.2 Å². The SMILES string of the molecule is COc1cncnc1NCCCCN1CC=C(c2cccc3ccccc23)CC1.O=C(O)/C=C/C(=O)O. The Bertz CT molecular complexity index is 1240. The Hall–Kier alpha value is -4.24. The first-order chi connectivity index (χ1) is 18.0. The molecule has 3 N–H and O–H groups in total. The minimum absolute atomic E-state index is 0.558. The van der Waals surface area contributed by atoms with E-state index in [9.17, 15) is 9.59 Å². The molecule has 3 aromatic rings. The van der Waals surface area contributed by atoms with Crippen molar-refractivity contribution >= 4 is 34.1 Å². The maximum Gasteiger partial charge on any atom is 0.328 e. The first-order valence-corrected chi connectivity index (χ1v) is 12.1. The third kappa shape index (κ3) is 8.73. The van der Waals surface area contributed by atoms with Crippen LogP contribution in [0.2, 0.25) is 0 Å². The number of nitrogens with one attached hydrogen (secondary N) is 1. The van der Waals surface area contributed by atoms with Crippen LogP contribution in [0.5, 0.6) is 5.75 Å². The first kappa shape index (κ1) is 27.3. The largest absolute Gasteiger partial charge is 0.491 e. The van der Waals surface area contributed by atoms with Gasteiger partial charge in [-0.05, 0) is 47.7 Å². The topological polar surface area (TPSA) is 125 Å². The minimum Gasteiger partial charge on any atom is -0.491 e. The monoisotopic (exact) mass is 504 g/mol. The predicted molar refractivity (Wildman–Crippen MR) is 144 cm³/mol. The number of aliphatic carboxylic acids is 2. The van der Waals surface area contributed by atoms with E-state index >= 15 is 0 Å². The molecular weight excluding hydrogens is 472 g/mol. The molecule has 9 nitrogen and oxygen atoms in total. The summed E-state index contributed by atoms with van der Waals surface area (Å²) >= 11 is 0. The van der Waals surface area contributed by atoms with Gasteiger partial charge in [0.15, 0.2) is 11.6 Å². The number of benzene rings is 2. The Balaban J connectivity index is 0.000000414. The summed E-state index contributed by atoms with van der Waals surface area (Å²) in [7, 11) is 1.64. The normalized spacial score (nSPS) is 13.5. The average Bonchev–Trinajstić information content (AvgIpc) is 2.92. The molecule has 4 rings (SSSR count). The molecule has 1 aliphatic heterocycles. The maximum absolute atomic E-state index is 9.55. The van der Waals surface area contributed by atoms with Crippen molar-refractivity contribution in [2.45, 2.75) is 19.3 Å². The Labute approximate surface area is 216 Å². The van der Waals surface area contributed by atoms with Crippen LogP contribution in [0.1, 0.15) is 24.8 Å². The van der Waals surface area contributed by atoms with Gasteiger partial charge in [-0.3, -0.25) is 4.90 Å². The highest BCUT2D eigenvalue weighted by atomic mass is 16.5. The van der Waals surface area contributed by atoms with Crippen molar-refractivity contribution in [3.8, 4) is 5.75 Å². The van der Waals surface area contributed by atoms with E-state index in [-0.39, 0.29) is 0 Å². The molecule has 0 aliphatic carbocycles. The molecule has 0 radical (unpaired) electrons. The number of hydrogen-bond acceptors (Lipinski definition) is 7. The number of rotatable bonds is 10. The summed E-state index contributed by atoms with van der Waals surface area (Å²) in [6, 6.07) is 15.3. The van der Waals surface area contributed by atoms with Crippen LogP contribution in [-0.2, 0) is 9.59 Å². The summed E-state index contributed by atoms with van der Waals surface area (Å²) in [6.07, 6.45) is 10.1. The smallest absolute Gasteiger partial charge is 0.328 e. The number of fused-ring (bicyclic) bond motifs is 1. The molecular formula is C28H32N4O5. The average molecular weight is 505 g/mol. The van der Waals surface area contributed by atoms with Gasteiger partial charge in [-0.2, -0.15) is 0 Å². The number of carboxylic acid groups (broad SMARTS) is 2. The summed E-state index contributed by atoms with van der Waals surface area (Å²) in [6.45, 7) is 4.17. The number of hydrogen-bond donors (Lipinski definition) is 3. The van der Waals surface area contributed by atoms with E-state index in [0.29, 0.717) is 17.9 Å². The molecule has 2 heterocycles. The van der Waals surface area contributed by atoms with E-state index in [0.717, 1.165) is 51.3 Å². The molecule has 37 heavy (non-hydrogen) atoms. The van der Waals surface area contributed by atoms with Crippen molar-refractivity contribution in [3.05, 3.63) is 78.8 Å². The number of carboxylic acids is 2. The predicted octanol–water partition coefficient (Wildman–Crippen LogP) is 4.33. The van der Waals surface area contributed by atoms with Gasteiger partial charge in [-0.25, -0.2) is 19.6 Å². The summed E-state index contributed by atoms with van der Waals surface area (Å²) in [5, 5.41) is 21.6. The van der Waals surface area contributed by atoms with Gasteiger partial charge < -0.3 is 20.3 Å². The minimum atomic E-state index is -1.26. The van der Waals surface area contributed by atoms with E-state index in [4.69, 9.17) is 14.9 Å². The highest BCUT2D eigenvalue weighted by Crippen LogP contribution is 2.29. The van der Waals surface area contributed by atoms with Crippen LogP contribution >= 0.6 is 0 Å². The number of nitrogens with zero attached hydrogens (tertiary/aromatic N) is 3. The lowest BCUT2D eigenvalue weighted by atomic mass is 9.94. The maximum atomic E-state index is 9.55.